The molecule has 2 aromatic rings. The van der Waals surface area contributed by atoms with Crippen LogP contribution in [0.25, 0.3) is 4.85 Å². The van der Waals surface area contributed by atoms with E-state index < -0.39 is 9.84 Å². The molecule has 0 spiro atoms. The van der Waals surface area contributed by atoms with Crippen LogP contribution >= 0.6 is 12.0 Å². The Morgan fingerprint density at radius 1 is 1.26 bits per heavy atom. The third-order valence-corrected chi connectivity index (χ3v) is 6.31. The molecule has 0 amide bonds. The molecule has 0 aliphatic rings. The first-order valence-electron chi connectivity index (χ1n) is 9.13. The van der Waals surface area contributed by atoms with Crippen molar-refractivity contribution in [1.82, 2.24) is 0 Å². The highest BCUT2D eigenvalue weighted by Crippen LogP contribution is 2.35. The first-order valence-corrected chi connectivity index (χ1v) is 11.4. The van der Waals surface area contributed by atoms with Crippen LogP contribution in [0.3, 0.4) is 0 Å². The van der Waals surface area contributed by atoms with Crippen molar-refractivity contribution in [3.63, 3.8) is 0 Å². The fourth-order valence-electron chi connectivity index (χ4n) is 2.67. The monoisotopic (exact) mass is 462 g/mol. The van der Waals surface area contributed by atoms with E-state index in [1.165, 1.54) is 18.2 Å². The molecule has 0 bridgehead atoms. The SMILES string of the molecule is [C-]#[N+]CCN(CC)c1ccc(N=Nc2cc(S(=O)(=O)C=C)ccc2SOOO)c(C)c1. The minimum absolute atomic E-state index is 0.00354. The Kier molecular flexibility index (Phi) is 9.17. The van der Waals surface area contributed by atoms with Gasteiger partial charge in [-0.05, 0) is 55.8 Å². The van der Waals surface area contributed by atoms with Gasteiger partial charge in [0.15, 0.2) is 9.84 Å². The Labute approximate surface area is 185 Å². The van der Waals surface area contributed by atoms with Crippen LogP contribution in [0.5, 0.6) is 0 Å². The lowest BCUT2D eigenvalue weighted by Crippen LogP contribution is -2.25. The molecule has 31 heavy (non-hydrogen) atoms. The van der Waals surface area contributed by atoms with E-state index in [-0.39, 0.29) is 10.6 Å². The van der Waals surface area contributed by atoms with Crippen molar-refractivity contribution in [3.8, 4) is 0 Å². The van der Waals surface area contributed by atoms with Crippen molar-refractivity contribution >= 4 is 38.9 Å². The van der Waals surface area contributed by atoms with Gasteiger partial charge < -0.3 is 9.74 Å². The molecule has 0 radical (unpaired) electrons. The van der Waals surface area contributed by atoms with E-state index in [9.17, 15) is 8.42 Å². The van der Waals surface area contributed by atoms with Crippen LogP contribution in [0.15, 0.2) is 68.4 Å². The van der Waals surface area contributed by atoms with Gasteiger partial charge in [0.25, 0.3) is 0 Å². The van der Waals surface area contributed by atoms with Gasteiger partial charge in [-0.1, -0.05) is 11.6 Å². The van der Waals surface area contributed by atoms with Crippen LogP contribution < -0.4 is 4.90 Å². The highest BCUT2D eigenvalue weighted by Gasteiger charge is 2.14. The Morgan fingerprint density at radius 2 is 2.00 bits per heavy atom. The van der Waals surface area contributed by atoms with Crippen LogP contribution in [0, 0.1) is 13.5 Å². The summed E-state index contributed by atoms with van der Waals surface area (Å²) in [5.41, 5.74) is 2.64. The summed E-state index contributed by atoms with van der Waals surface area (Å²) >= 11 is 0.653. The molecule has 2 aromatic carbocycles. The summed E-state index contributed by atoms with van der Waals surface area (Å²) in [6, 6.07) is 9.81. The lowest BCUT2D eigenvalue weighted by molar-refractivity contribution is -0.432. The van der Waals surface area contributed by atoms with Crippen molar-refractivity contribution in [1.29, 1.82) is 0 Å². The number of likely N-dealkylation sites (N-methyl/N-ethyl adjacent to an activating group) is 1. The number of azo groups is 1. The summed E-state index contributed by atoms with van der Waals surface area (Å²) in [5, 5.41) is 21.3. The summed E-state index contributed by atoms with van der Waals surface area (Å²) in [7, 11) is -3.67. The Hall–Kier alpha value is -2.75. The molecule has 0 saturated heterocycles. The smallest absolute Gasteiger partial charge is 0.231 e. The lowest BCUT2D eigenvalue weighted by Gasteiger charge is -2.21. The Balaban J connectivity index is 2.37. The fraction of sp³-hybridized carbons (Fsp3) is 0.250. The zero-order valence-electron chi connectivity index (χ0n) is 17.1. The number of rotatable bonds is 11. The van der Waals surface area contributed by atoms with Gasteiger partial charge >= 0.3 is 0 Å². The van der Waals surface area contributed by atoms with E-state index >= 15 is 0 Å². The number of hydrogen-bond acceptors (Lipinski definition) is 9. The van der Waals surface area contributed by atoms with Crippen molar-refractivity contribution in [3.05, 3.63) is 65.4 Å². The average molecular weight is 463 g/mol. The highest BCUT2D eigenvalue weighted by atomic mass is 32.2. The maximum absolute atomic E-state index is 12.1. The molecule has 0 unspecified atom stereocenters. The second-order valence-corrected chi connectivity index (χ2v) is 8.84. The molecule has 0 fully saturated rings. The number of nitrogens with zero attached hydrogens (tertiary/aromatic N) is 4. The molecular formula is C20H22N4O5S2. The number of benzene rings is 2. The summed E-state index contributed by atoms with van der Waals surface area (Å²) in [5.74, 6) is 0. The summed E-state index contributed by atoms with van der Waals surface area (Å²) in [6.45, 7) is 16.0. The highest BCUT2D eigenvalue weighted by molar-refractivity contribution is 7.95. The molecule has 1 N–H and O–H groups in total. The second-order valence-electron chi connectivity index (χ2n) is 6.20. The Morgan fingerprint density at radius 3 is 2.61 bits per heavy atom. The van der Waals surface area contributed by atoms with E-state index in [1.807, 2.05) is 26.0 Å². The molecule has 0 aliphatic carbocycles. The molecule has 2 rings (SSSR count). The summed E-state index contributed by atoms with van der Waals surface area (Å²) in [6.07, 6.45) is 0. The lowest BCUT2D eigenvalue weighted by atomic mass is 10.1. The van der Waals surface area contributed by atoms with Crippen molar-refractivity contribution in [2.45, 2.75) is 23.6 Å². The topological polar surface area (TPSA) is 105 Å². The van der Waals surface area contributed by atoms with Crippen molar-refractivity contribution < 1.29 is 23.0 Å². The van der Waals surface area contributed by atoms with Gasteiger partial charge in [0.2, 0.25) is 6.54 Å². The number of aryl methyl sites for hydroxylation is 1. The molecule has 11 heteroatoms. The van der Waals surface area contributed by atoms with Crippen molar-refractivity contribution in [2.24, 2.45) is 10.2 Å². The maximum atomic E-state index is 12.1. The third-order valence-electron chi connectivity index (χ3n) is 4.31. The van der Waals surface area contributed by atoms with Crippen LogP contribution in [0.1, 0.15) is 12.5 Å². The fourth-order valence-corrected chi connectivity index (χ4v) is 3.81. The molecule has 0 aromatic heterocycles. The summed E-state index contributed by atoms with van der Waals surface area (Å²) < 4.78 is 28.6. The normalized spacial score (nSPS) is 11.4. The molecule has 0 aliphatic heterocycles. The minimum Gasteiger partial charge on any atom is -0.364 e. The zero-order chi connectivity index (χ0) is 22.9. The van der Waals surface area contributed by atoms with Crippen LogP contribution in [0.2, 0.25) is 0 Å². The Bertz CT molecular complexity index is 1100. The predicted octanol–water partition coefficient (Wildman–Crippen LogP) is 5.50. The number of sulfone groups is 1. The van der Waals surface area contributed by atoms with Crippen LogP contribution in [0.4, 0.5) is 17.1 Å². The van der Waals surface area contributed by atoms with Gasteiger partial charge in [-0.3, -0.25) is 0 Å². The second kappa shape index (κ2) is 11.6. The minimum atomic E-state index is -3.67. The molecule has 0 atom stereocenters. The van der Waals surface area contributed by atoms with Crippen molar-refractivity contribution in [2.75, 3.05) is 24.5 Å². The standard InChI is InChI=1S/C20H22N4O5S2/c1-5-24(12-11-21-4)16-7-9-18(15(3)13-16)22-23-19-14-17(31(26,27)6-2)8-10-20(19)30-29-28-25/h6-10,13-14,25H,2,5,11-12H2,1,3H3. The third kappa shape index (κ3) is 6.61. The average Bonchev–Trinajstić information content (AvgIpc) is 2.77. The van der Waals surface area contributed by atoms with E-state index in [2.05, 4.69) is 35.9 Å². The zero-order valence-corrected chi connectivity index (χ0v) is 18.7. The van der Waals surface area contributed by atoms with Gasteiger partial charge in [-0.2, -0.15) is 5.11 Å². The van der Waals surface area contributed by atoms with Gasteiger partial charge in [0.1, 0.15) is 5.69 Å². The molecule has 9 nitrogen and oxygen atoms in total. The van der Waals surface area contributed by atoms with Gasteiger partial charge in [-0.15, -0.1) is 9.45 Å². The first kappa shape index (κ1) is 24.5. The maximum Gasteiger partial charge on any atom is 0.231 e. The van der Waals surface area contributed by atoms with E-state index in [1.54, 1.807) is 6.07 Å². The van der Waals surface area contributed by atoms with E-state index in [0.717, 1.165) is 23.2 Å². The van der Waals surface area contributed by atoms with Gasteiger partial charge in [-0.25, -0.2) is 20.2 Å². The number of anilines is 1. The molecule has 164 valence electrons. The predicted molar refractivity (Wildman–Crippen MR) is 119 cm³/mol. The number of hydrogen-bond donors (Lipinski definition) is 1. The summed E-state index contributed by atoms with van der Waals surface area (Å²) in [4.78, 5) is 5.87. The quantitative estimate of drug-likeness (QED) is 0.154. The van der Waals surface area contributed by atoms with Gasteiger partial charge in [0.05, 0.1) is 34.1 Å². The van der Waals surface area contributed by atoms with E-state index in [0.29, 0.717) is 35.7 Å². The van der Waals surface area contributed by atoms with E-state index in [4.69, 9.17) is 11.8 Å². The van der Waals surface area contributed by atoms with Crippen LogP contribution in [-0.2, 0) is 19.2 Å². The largest absolute Gasteiger partial charge is 0.364 e. The molecule has 0 heterocycles. The van der Waals surface area contributed by atoms with Gasteiger partial charge in [0, 0.05) is 17.6 Å². The first-order chi connectivity index (χ1) is 14.9. The van der Waals surface area contributed by atoms with Crippen LogP contribution in [-0.4, -0.2) is 33.3 Å². The molecule has 0 saturated carbocycles. The molecular weight excluding hydrogens is 440 g/mol.